The number of hydrogen-bond acceptors (Lipinski definition) is 8. The standard InChI is InChI=1S/C17H19N7OS/c1-4-11-16-22-20-9-23(16)12-8-19-14(21-15(12)24(11)10(2)3)7-13(25)17-18-5-6-26-17/h5-6,8-11H,4,7H2,1-3H3. The van der Waals surface area contributed by atoms with Gasteiger partial charge in [0.25, 0.3) is 0 Å². The molecular weight excluding hydrogens is 350 g/mol. The van der Waals surface area contributed by atoms with Crippen molar-refractivity contribution in [2.75, 3.05) is 4.90 Å². The van der Waals surface area contributed by atoms with Gasteiger partial charge in [0, 0.05) is 17.6 Å². The normalized spacial score (nSPS) is 15.8. The van der Waals surface area contributed by atoms with Crippen molar-refractivity contribution in [2.45, 2.75) is 45.7 Å². The lowest BCUT2D eigenvalue weighted by atomic mass is 10.1. The van der Waals surface area contributed by atoms with Gasteiger partial charge in [-0.1, -0.05) is 6.92 Å². The van der Waals surface area contributed by atoms with Crippen LogP contribution in [0.5, 0.6) is 0 Å². The Morgan fingerprint density at radius 2 is 2.19 bits per heavy atom. The first-order valence-electron chi connectivity index (χ1n) is 8.57. The molecule has 3 aromatic heterocycles. The number of carbonyl (C=O) groups is 1. The Kier molecular flexibility index (Phi) is 4.23. The van der Waals surface area contributed by atoms with Crippen LogP contribution in [0.15, 0.2) is 24.1 Å². The SMILES string of the molecule is CCC1c2nncn2-c2cnc(CC(=O)c3nccs3)nc2N1C(C)C. The van der Waals surface area contributed by atoms with E-state index in [0.717, 1.165) is 23.8 Å². The summed E-state index contributed by atoms with van der Waals surface area (Å²) in [5, 5.41) is 10.6. The lowest BCUT2D eigenvalue weighted by Gasteiger charge is -2.39. The third-order valence-electron chi connectivity index (χ3n) is 4.44. The molecule has 0 radical (unpaired) electrons. The third kappa shape index (κ3) is 2.68. The molecule has 4 heterocycles. The van der Waals surface area contributed by atoms with E-state index < -0.39 is 0 Å². The van der Waals surface area contributed by atoms with Gasteiger partial charge in [0.05, 0.1) is 18.7 Å². The molecule has 0 bridgehead atoms. The Bertz CT molecular complexity index is 935. The zero-order valence-electron chi connectivity index (χ0n) is 14.8. The van der Waals surface area contributed by atoms with Crippen molar-refractivity contribution in [3.63, 3.8) is 0 Å². The molecule has 0 aromatic carbocycles. The molecule has 1 aliphatic heterocycles. The first-order chi connectivity index (χ1) is 12.6. The number of fused-ring (bicyclic) bond motifs is 3. The number of Topliss-reactive ketones (excluding diaryl/α,β-unsaturated/α-hetero) is 1. The maximum Gasteiger partial charge on any atom is 0.198 e. The first-order valence-corrected chi connectivity index (χ1v) is 9.45. The molecule has 0 aliphatic carbocycles. The molecule has 1 atom stereocenters. The van der Waals surface area contributed by atoms with Crippen LogP contribution in [0.4, 0.5) is 5.82 Å². The highest BCUT2D eigenvalue weighted by atomic mass is 32.1. The zero-order chi connectivity index (χ0) is 18.3. The van der Waals surface area contributed by atoms with Gasteiger partial charge in [-0.3, -0.25) is 9.36 Å². The Morgan fingerprint density at radius 3 is 2.88 bits per heavy atom. The summed E-state index contributed by atoms with van der Waals surface area (Å²) < 4.78 is 1.94. The molecule has 134 valence electrons. The smallest absolute Gasteiger partial charge is 0.198 e. The highest BCUT2D eigenvalue weighted by Crippen LogP contribution is 2.38. The Labute approximate surface area is 155 Å². The van der Waals surface area contributed by atoms with Crippen molar-refractivity contribution in [2.24, 2.45) is 0 Å². The molecule has 0 fully saturated rings. The number of ketones is 1. The fourth-order valence-corrected chi connectivity index (χ4v) is 3.92. The van der Waals surface area contributed by atoms with E-state index in [9.17, 15) is 4.79 Å². The second kappa shape index (κ2) is 6.56. The third-order valence-corrected chi connectivity index (χ3v) is 5.26. The van der Waals surface area contributed by atoms with Gasteiger partial charge in [0.15, 0.2) is 22.4 Å². The number of carbonyl (C=O) groups excluding carboxylic acids is 1. The van der Waals surface area contributed by atoms with E-state index in [0.29, 0.717) is 10.8 Å². The number of aromatic nitrogens is 6. The molecule has 0 spiro atoms. The molecule has 1 aliphatic rings. The van der Waals surface area contributed by atoms with Crippen molar-refractivity contribution in [3.05, 3.63) is 40.8 Å². The van der Waals surface area contributed by atoms with Crippen LogP contribution in [0.25, 0.3) is 5.69 Å². The molecule has 26 heavy (non-hydrogen) atoms. The molecule has 3 aromatic rings. The summed E-state index contributed by atoms with van der Waals surface area (Å²) in [5.74, 6) is 2.14. The predicted octanol–water partition coefficient (Wildman–Crippen LogP) is 2.62. The maximum absolute atomic E-state index is 12.4. The molecule has 9 heteroatoms. The van der Waals surface area contributed by atoms with Crippen LogP contribution in [0.3, 0.4) is 0 Å². The number of nitrogens with zero attached hydrogens (tertiary/aromatic N) is 7. The van der Waals surface area contributed by atoms with Crippen LogP contribution in [-0.4, -0.2) is 41.5 Å². The second-order valence-electron chi connectivity index (χ2n) is 6.42. The number of anilines is 1. The molecule has 0 N–H and O–H groups in total. The van der Waals surface area contributed by atoms with E-state index in [2.05, 4.69) is 45.8 Å². The summed E-state index contributed by atoms with van der Waals surface area (Å²) in [4.78, 5) is 27.8. The van der Waals surface area contributed by atoms with Crippen molar-refractivity contribution >= 4 is 22.9 Å². The molecule has 4 rings (SSSR count). The first kappa shape index (κ1) is 16.8. The minimum Gasteiger partial charge on any atom is -0.342 e. The van der Waals surface area contributed by atoms with E-state index >= 15 is 0 Å². The van der Waals surface area contributed by atoms with E-state index in [1.165, 1.54) is 11.3 Å². The Hall–Kier alpha value is -2.68. The van der Waals surface area contributed by atoms with Gasteiger partial charge in [-0.25, -0.2) is 15.0 Å². The highest BCUT2D eigenvalue weighted by Gasteiger charge is 2.35. The number of rotatable bonds is 5. The van der Waals surface area contributed by atoms with E-state index in [1.54, 1.807) is 24.1 Å². The fraction of sp³-hybridized carbons (Fsp3) is 0.412. The predicted molar refractivity (Wildman–Crippen MR) is 97.7 cm³/mol. The monoisotopic (exact) mass is 369 g/mol. The van der Waals surface area contributed by atoms with Crippen LogP contribution < -0.4 is 4.90 Å². The topological polar surface area (TPSA) is 89.7 Å². The van der Waals surface area contributed by atoms with Crippen molar-refractivity contribution < 1.29 is 4.79 Å². The average molecular weight is 369 g/mol. The minimum absolute atomic E-state index is 0.0658. The Balaban J connectivity index is 1.76. The maximum atomic E-state index is 12.4. The zero-order valence-corrected chi connectivity index (χ0v) is 15.6. The van der Waals surface area contributed by atoms with Crippen LogP contribution >= 0.6 is 11.3 Å². The van der Waals surface area contributed by atoms with E-state index in [1.807, 2.05) is 4.57 Å². The molecule has 1 unspecified atom stereocenters. The second-order valence-corrected chi connectivity index (χ2v) is 7.31. The van der Waals surface area contributed by atoms with E-state index in [-0.39, 0.29) is 24.3 Å². The largest absolute Gasteiger partial charge is 0.342 e. The van der Waals surface area contributed by atoms with Gasteiger partial charge in [0.2, 0.25) is 0 Å². The quantitative estimate of drug-likeness (QED) is 0.639. The fourth-order valence-electron chi connectivity index (χ4n) is 3.34. The Morgan fingerprint density at radius 1 is 1.35 bits per heavy atom. The van der Waals surface area contributed by atoms with Crippen LogP contribution in [0.2, 0.25) is 0 Å². The van der Waals surface area contributed by atoms with Gasteiger partial charge in [-0.05, 0) is 20.3 Å². The van der Waals surface area contributed by atoms with Crippen LogP contribution in [0, 0.1) is 0 Å². The summed E-state index contributed by atoms with van der Waals surface area (Å²) in [5.41, 5.74) is 0.842. The molecule has 0 saturated heterocycles. The molecule has 8 nitrogen and oxygen atoms in total. The molecular formula is C17H19N7OS. The summed E-state index contributed by atoms with van der Waals surface area (Å²) in [6.45, 7) is 6.38. The van der Waals surface area contributed by atoms with Gasteiger partial charge < -0.3 is 4.90 Å². The van der Waals surface area contributed by atoms with Gasteiger partial charge in [-0.2, -0.15) is 0 Å². The van der Waals surface area contributed by atoms with Crippen LogP contribution in [-0.2, 0) is 6.42 Å². The number of hydrogen-bond donors (Lipinski definition) is 0. The van der Waals surface area contributed by atoms with Crippen LogP contribution in [0.1, 0.15) is 54.7 Å². The summed E-state index contributed by atoms with van der Waals surface area (Å²) in [6.07, 6.45) is 6.09. The van der Waals surface area contributed by atoms with Gasteiger partial charge in [0.1, 0.15) is 17.8 Å². The van der Waals surface area contributed by atoms with E-state index in [4.69, 9.17) is 4.98 Å². The van der Waals surface area contributed by atoms with Crippen molar-refractivity contribution in [3.8, 4) is 5.69 Å². The molecule has 0 saturated carbocycles. The summed E-state index contributed by atoms with van der Waals surface area (Å²) in [7, 11) is 0. The van der Waals surface area contributed by atoms with Crippen molar-refractivity contribution in [1.82, 2.24) is 29.7 Å². The highest BCUT2D eigenvalue weighted by molar-refractivity contribution is 7.11. The molecule has 0 amide bonds. The lowest BCUT2D eigenvalue weighted by Crippen LogP contribution is -2.40. The summed E-state index contributed by atoms with van der Waals surface area (Å²) in [6, 6.07) is 0.309. The van der Waals surface area contributed by atoms with Gasteiger partial charge in [-0.15, -0.1) is 21.5 Å². The number of thiazole rings is 1. The lowest BCUT2D eigenvalue weighted by molar-refractivity contribution is 0.0990. The summed E-state index contributed by atoms with van der Waals surface area (Å²) >= 11 is 1.33. The van der Waals surface area contributed by atoms with Gasteiger partial charge >= 0.3 is 0 Å². The van der Waals surface area contributed by atoms with Crippen molar-refractivity contribution in [1.29, 1.82) is 0 Å². The average Bonchev–Trinajstić information content (AvgIpc) is 3.31. The minimum atomic E-state index is -0.0658.